The Bertz CT molecular complexity index is 992. The van der Waals surface area contributed by atoms with E-state index < -0.39 is 0 Å². The van der Waals surface area contributed by atoms with Gasteiger partial charge in [-0.3, -0.25) is 4.79 Å². The molecule has 2 aromatic carbocycles. The van der Waals surface area contributed by atoms with E-state index in [9.17, 15) is 4.79 Å². The number of aryl methyl sites for hydroxylation is 1. The van der Waals surface area contributed by atoms with Gasteiger partial charge in [-0.25, -0.2) is 0 Å². The van der Waals surface area contributed by atoms with Gasteiger partial charge in [0.25, 0.3) is 0 Å². The number of nitrogens with zero attached hydrogens (tertiary/aromatic N) is 3. The Kier molecular flexibility index (Phi) is 7.20. The number of rotatable bonds is 8. The van der Waals surface area contributed by atoms with Gasteiger partial charge in [0.05, 0.1) is 0 Å². The lowest BCUT2D eigenvalue weighted by atomic mass is 9.98. The van der Waals surface area contributed by atoms with Crippen molar-refractivity contribution < 1.29 is 9.32 Å². The fourth-order valence-corrected chi connectivity index (χ4v) is 4.04. The molecule has 1 amide bonds. The molecule has 0 unspecified atom stereocenters. The number of anilines is 1. The molecule has 1 aliphatic heterocycles. The second-order valence-electron chi connectivity index (χ2n) is 8.84. The second kappa shape index (κ2) is 10.4. The Hall–Kier alpha value is -3.15. The van der Waals surface area contributed by atoms with Crippen molar-refractivity contribution in [2.45, 2.75) is 45.4 Å². The molecule has 6 heteroatoms. The van der Waals surface area contributed by atoms with Crippen molar-refractivity contribution in [1.82, 2.24) is 15.5 Å². The highest BCUT2D eigenvalue weighted by Crippen LogP contribution is 2.25. The molecule has 1 aliphatic rings. The van der Waals surface area contributed by atoms with Crippen LogP contribution in [0.25, 0.3) is 11.4 Å². The maximum atomic E-state index is 12.2. The summed E-state index contributed by atoms with van der Waals surface area (Å²) in [5.41, 5.74) is 3.39. The van der Waals surface area contributed by atoms with Crippen LogP contribution in [0.5, 0.6) is 0 Å². The standard InChI is InChI=1S/C26H32N4O2/c1-19-14-16-30(17-15-19)23-10-8-22(9-11-23)26-28-25(32-29-26)13-12-24(31)27-18-20(2)21-6-4-3-5-7-21/h3-11,19-20H,12-18H2,1-2H3,(H,27,31)/t20-/m1/s1. The van der Waals surface area contributed by atoms with Gasteiger partial charge in [-0.05, 0) is 54.5 Å². The lowest BCUT2D eigenvalue weighted by Crippen LogP contribution is -2.32. The molecule has 0 saturated carbocycles. The van der Waals surface area contributed by atoms with Gasteiger partial charge in [0.15, 0.2) is 0 Å². The topological polar surface area (TPSA) is 71.3 Å². The van der Waals surface area contributed by atoms with Crippen LogP contribution < -0.4 is 10.2 Å². The number of carbonyl (C=O) groups excluding carboxylic acids is 1. The van der Waals surface area contributed by atoms with Gasteiger partial charge in [0, 0.05) is 43.7 Å². The van der Waals surface area contributed by atoms with Gasteiger partial charge in [-0.2, -0.15) is 4.98 Å². The van der Waals surface area contributed by atoms with E-state index in [0.29, 0.717) is 31.1 Å². The first kappa shape index (κ1) is 22.1. The zero-order valence-electron chi connectivity index (χ0n) is 19.0. The zero-order valence-corrected chi connectivity index (χ0v) is 19.0. The highest BCUT2D eigenvalue weighted by atomic mass is 16.5. The second-order valence-corrected chi connectivity index (χ2v) is 8.84. The maximum Gasteiger partial charge on any atom is 0.227 e. The number of amides is 1. The molecule has 6 nitrogen and oxygen atoms in total. The van der Waals surface area contributed by atoms with Crippen molar-refractivity contribution in [2.24, 2.45) is 5.92 Å². The number of hydrogen-bond acceptors (Lipinski definition) is 5. The summed E-state index contributed by atoms with van der Waals surface area (Å²) < 4.78 is 5.37. The average Bonchev–Trinajstić information content (AvgIpc) is 3.31. The molecule has 32 heavy (non-hydrogen) atoms. The number of hydrogen-bond donors (Lipinski definition) is 1. The lowest BCUT2D eigenvalue weighted by molar-refractivity contribution is -0.121. The lowest BCUT2D eigenvalue weighted by Gasteiger charge is -2.32. The van der Waals surface area contributed by atoms with Gasteiger partial charge in [0.1, 0.15) is 0 Å². The Labute approximate surface area is 190 Å². The fourth-order valence-electron chi connectivity index (χ4n) is 4.04. The molecular formula is C26H32N4O2. The molecule has 1 atom stereocenters. The van der Waals surface area contributed by atoms with Crippen LogP contribution in [0.2, 0.25) is 0 Å². The molecule has 2 heterocycles. The smallest absolute Gasteiger partial charge is 0.227 e. The SMILES string of the molecule is CC1CCN(c2ccc(-c3noc(CCC(=O)NC[C@@H](C)c4ccccc4)n3)cc2)CC1. The molecule has 4 rings (SSSR count). The third-order valence-electron chi connectivity index (χ3n) is 6.28. The molecular weight excluding hydrogens is 400 g/mol. The first-order chi connectivity index (χ1) is 15.6. The minimum Gasteiger partial charge on any atom is -0.372 e. The Morgan fingerprint density at radius 1 is 1.12 bits per heavy atom. The Morgan fingerprint density at radius 2 is 1.84 bits per heavy atom. The maximum absolute atomic E-state index is 12.2. The van der Waals surface area contributed by atoms with E-state index in [2.05, 4.69) is 58.5 Å². The molecule has 1 saturated heterocycles. The van der Waals surface area contributed by atoms with Crippen LogP contribution in [0.4, 0.5) is 5.69 Å². The predicted octanol–water partition coefficient (Wildman–Crippen LogP) is 4.83. The van der Waals surface area contributed by atoms with E-state index in [-0.39, 0.29) is 11.8 Å². The van der Waals surface area contributed by atoms with Gasteiger partial charge in [-0.1, -0.05) is 49.3 Å². The third-order valence-corrected chi connectivity index (χ3v) is 6.28. The van der Waals surface area contributed by atoms with E-state index in [4.69, 9.17) is 4.52 Å². The minimum atomic E-state index is -0.00673. The highest BCUT2D eigenvalue weighted by molar-refractivity contribution is 5.76. The molecule has 1 fully saturated rings. The van der Waals surface area contributed by atoms with Crippen LogP contribution in [0.1, 0.15) is 50.5 Å². The number of carbonyl (C=O) groups is 1. The van der Waals surface area contributed by atoms with E-state index in [1.807, 2.05) is 30.3 Å². The summed E-state index contributed by atoms with van der Waals surface area (Å²) in [6, 6.07) is 18.5. The number of aromatic nitrogens is 2. The molecule has 0 bridgehead atoms. The van der Waals surface area contributed by atoms with Crippen molar-refractivity contribution in [2.75, 3.05) is 24.5 Å². The van der Waals surface area contributed by atoms with Gasteiger partial charge >= 0.3 is 0 Å². The van der Waals surface area contributed by atoms with Crippen molar-refractivity contribution >= 4 is 11.6 Å². The fraction of sp³-hybridized carbons (Fsp3) is 0.423. The number of benzene rings is 2. The van der Waals surface area contributed by atoms with Gasteiger partial charge in [0.2, 0.25) is 17.6 Å². The van der Waals surface area contributed by atoms with Crippen LogP contribution in [0.3, 0.4) is 0 Å². The zero-order chi connectivity index (χ0) is 22.3. The number of nitrogens with one attached hydrogen (secondary N) is 1. The van der Waals surface area contributed by atoms with E-state index in [1.54, 1.807) is 0 Å². The first-order valence-corrected chi connectivity index (χ1v) is 11.6. The van der Waals surface area contributed by atoms with Crippen molar-refractivity contribution in [3.63, 3.8) is 0 Å². The van der Waals surface area contributed by atoms with Crippen molar-refractivity contribution in [3.05, 3.63) is 66.1 Å². The summed E-state index contributed by atoms with van der Waals surface area (Å²) in [5, 5.41) is 7.10. The molecule has 168 valence electrons. The van der Waals surface area contributed by atoms with Gasteiger partial charge in [-0.15, -0.1) is 0 Å². The highest BCUT2D eigenvalue weighted by Gasteiger charge is 2.17. The summed E-state index contributed by atoms with van der Waals surface area (Å²) in [6.45, 7) is 7.26. The van der Waals surface area contributed by atoms with E-state index in [0.717, 1.165) is 24.6 Å². The van der Waals surface area contributed by atoms with E-state index >= 15 is 0 Å². The molecule has 1 aromatic heterocycles. The Morgan fingerprint density at radius 3 is 2.56 bits per heavy atom. The van der Waals surface area contributed by atoms with E-state index in [1.165, 1.54) is 24.1 Å². The first-order valence-electron chi connectivity index (χ1n) is 11.6. The quantitative estimate of drug-likeness (QED) is 0.552. The largest absolute Gasteiger partial charge is 0.372 e. The third kappa shape index (κ3) is 5.75. The van der Waals surface area contributed by atoms with Crippen LogP contribution in [0, 0.1) is 5.92 Å². The van der Waals surface area contributed by atoms with Crippen LogP contribution >= 0.6 is 0 Å². The van der Waals surface area contributed by atoms with Crippen LogP contribution in [-0.4, -0.2) is 35.7 Å². The summed E-state index contributed by atoms with van der Waals surface area (Å²) in [4.78, 5) is 19.1. The molecule has 0 aliphatic carbocycles. The molecule has 3 aromatic rings. The van der Waals surface area contributed by atoms with Crippen molar-refractivity contribution in [3.8, 4) is 11.4 Å². The van der Waals surface area contributed by atoms with Gasteiger partial charge < -0.3 is 14.7 Å². The van der Waals surface area contributed by atoms with Crippen LogP contribution in [-0.2, 0) is 11.2 Å². The monoisotopic (exact) mass is 432 g/mol. The summed E-state index contributed by atoms with van der Waals surface area (Å²) in [5.74, 6) is 2.13. The molecule has 0 radical (unpaired) electrons. The summed E-state index contributed by atoms with van der Waals surface area (Å²) >= 11 is 0. The molecule has 0 spiro atoms. The van der Waals surface area contributed by atoms with Crippen molar-refractivity contribution in [1.29, 1.82) is 0 Å². The summed E-state index contributed by atoms with van der Waals surface area (Å²) in [6.07, 6.45) is 3.25. The average molecular weight is 433 g/mol. The summed E-state index contributed by atoms with van der Waals surface area (Å²) in [7, 11) is 0. The number of piperidine rings is 1. The predicted molar refractivity (Wildman–Crippen MR) is 127 cm³/mol. The van der Waals surface area contributed by atoms with Crippen LogP contribution in [0.15, 0.2) is 59.1 Å². The normalized spacial score (nSPS) is 15.5. The molecule has 1 N–H and O–H groups in total. The Balaban J connectivity index is 1.25. The minimum absolute atomic E-state index is 0.00673.